The van der Waals surface area contributed by atoms with E-state index in [0.29, 0.717) is 11.3 Å². The largest absolute Gasteiger partial charge is 0.497 e. The van der Waals surface area contributed by atoms with Gasteiger partial charge in [0.1, 0.15) is 5.75 Å². The van der Waals surface area contributed by atoms with Gasteiger partial charge in [-0.1, -0.05) is 12.0 Å². The van der Waals surface area contributed by atoms with Crippen molar-refractivity contribution >= 4 is 23.8 Å². The van der Waals surface area contributed by atoms with Crippen molar-refractivity contribution < 1.29 is 28.3 Å². The molecule has 1 fully saturated rings. The zero-order valence-electron chi connectivity index (χ0n) is 15.8. The average Bonchev–Trinajstić information content (AvgIpc) is 3.38. The van der Waals surface area contributed by atoms with Crippen LogP contribution >= 0.6 is 0 Å². The van der Waals surface area contributed by atoms with E-state index >= 15 is 0 Å². The van der Waals surface area contributed by atoms with Gasteiger partial charge in [-0.05, 0) is 35.7 Å². The van der Waals surface area contributed by atoms with Crippen LogP contribution in [0.5, 0.6) is 5.75 Å². The van der Waals surface area contributed by atoms with Gasteiger partial charge in [-0.3, -0.25) is 19.7 Å². The van der Waals surface area contributed by atoms with E-state index in [4.69, 9.17) is 14.9 Å². The lowest BCUT2D eigenvalue weighted by atomic mass is 9.99. The standard InChI is InChI=1S/C20H16N4O6/c1-29-13-3-2-11-9-24(17(26)14(11)8-13)10-20(18(27)22-19(28)23-20)7-6-12-4-5-15(30-12)16(21)25/h2-5,8H,9-10H2,1H3,(H2,21,25)(H2,22,23,27,28)/t20-/m1/s1. The van der Waals surface area contributed by atoms with Crippen LogP contribution in [0.1, 0.15) is 32.2 Å². The molecule has 3 heterocycles. The minimum absolute atomic E-state index is 0.0814. The van der Waals surface area contributed by atoms with Crippen LogP contribution in [0.2, 0.25) is 0 Å². The number of methoxy groups -OCH3 is 1. The van der Waals surface area contributed by atoms with E-state index in [2.05, 4.69) is 22.5 Å². The number of rotatable bonds is 4. The molecule has 1 saturated heterocycles. The highest BCUT2D eigenvalue weighted by Gasteiger charge is 2.48. The molecule has 10 nitrogen and oxygen atoms in total. The maximum atomic E-state index is 12.8. The number of nitrogens with zero attached hydrogens (tertiary/aromatic N) is 1. The summed E-state index contributed by atoms with van der Waals surface area (Å²) in [6, 6.07) is 7.17. The lowest BCUT2D eigenvalue weighted by molar-refractivity contribution is -0.122. The number of primary amides is 1. The highest BCUT2D eigenvalue weighted by Crippen LogP contribution is 2.28. The number of fused-ring (bicyclic) bond motifs is 1. The van der Waals surface area contributed by atoms with Crippen LogP contribution in [-0.2, 0) is 11.3 Å². The molecule has 2 aliphatic heterocycles. The first-order chi connectivity index (χ1) is 14.3. The molecule has 0 bridgehead atoms. The molecule has 4 rings (SSSR count). The molecule has 2 aromatic rings. The number of ether oxygens (including phenoxy) is 1. The SMILES string of the molecule is COc1ccc2c(c1)C(=O)N(C[C@@]1(C#Cc3ccc(C(N)=O)o3)NC(=O)NC1=O)C2. The van der Waals surface area contributed by atoms with Crippen LogP contribution in [0, 0.1) is 11.8 Å². The van der Waals surface area contributed by atoms with Gasteiger partial charge in [0.25, 0.3) is 17.7 Å². The molecule has 4 N–H and O–H groups in total. The molecule has 0 unspecified atom stereocenters. The zero-order chi connectivity index (χ0) is 21.5. The third kappa shape index (κ3) is 3.22. The topological polar surface area (TPSA) is 144 Å². The molecule has 5 amide bonds. The Morgan fingerprint density at radius 1 is 1.30 bits per heavy atom. The summed E-state index contributed by atoms with van der Waals surface area (Å²) in [6.07, 6.45) is 0. The first kappa shape index (κ1) is 19.1. The number of nitrogens with one attached hydrogen (secondary N) is 2. The van der Waals surface area contributed by atoms with E-state index in [9.17, 15) is 19.2 Å². The summed E-state index contributed by atoms with van der Waals surface area (Å²) >= 11 is 0. The van der Waals surface area contributed by atoms with E-state index in [-0.39, 0.29) is 30.5 Å². The Bertz CT molecular complexity index is 1160. The molecule has 0 radical (unpaired) electrons. The Morgan fingerprint density at radius 3 is 2.73 bits per heavy atom. The van der Waals surface area contributed by atoms with Crippen LogP contribution in [0.15, 0.2) is 34.7 Å². The van der Waals surface area contributed by atoms with Gasteiger partial charge in [0.2, 0.25) is 5.54 Å². The summed E-state index contributed by atoms with van der Waals surface area (Å²) in [5.74, 6) is 4.07. The van der Waals surface area contributed by atoms with Crippen LogP contribution in [0.3, 0.4) is 0 Å². The van der Waals surface area contributed by atoms with E-state index in [1.54, 1.807) is 18.2 Å². The van der Waals surface area contributed by atoms with Crippen LogP contribution in [0.4, 0.5) is 4.79 Å². The van der Waals surface area contributed by atoms with Crippen LogP contribution in [-0.4, -0.2) is 47.8 Å². The van der Waals surface area contributed by atoms with E-state index in [1.165, 1.54) is 24.1 Å². The molecular weight excluding hydrogens is 392 g/mol. The molecule has 1 atom stereocenters. The quantitative estimate of drug-likeness (QED) is 0.479. The molecule has 152 valence electrons. The number of nitrogens with two attached hydrogens (primary N) is 1. The maximum absolute atomic E-state index is 12.8. The summed E-state index contributed by atoms with van der Waals surface area (Å²) in [6.45, 7) is 0.0636. The number of urea groups is 1. The fraction of sp³-hybridized carbons (Fsp3) is 0.200. The molecule has 30 heavy (non-hydrogen) atoms. The average molecular weight is 408 g/mol. The summed E-state index contributed by atoms with van der Waals surface area (Å²) in [5.41, 5.74) is 4.69. The molecule has 1 aromatic carbocycles. The number of amides is 5. The molecule has 0 aliphatic carbocycles. The van der Waals surface area contributed by atoms with Crippen molar-refractivity contribution in [1.82, 2.24) is 15.5 Å². The Balaban J connectivity index is 1.64. The van der Waals surface area contributed by atoms with Crippen molar-refractivity contribution in [2.24, 2.45) is 5.73 Å². The lowest BCUT2D eigenvalue weighted by Gasteiger charge is -2.26. The number of furan rings is 1. The van der Waals surface area contributed by atoms with E-state index in [0.717, 1.165) is 5.56 Å². The highest BCUT2D eigenvalue weighted by atomic mass is 16.5. The minimum atomic E-state index is -1.68. The van der Waals surface area contributed by atoms with Gasteiger partial charge < -0.3 is 25.1 Å². The Labute approximate surface area is 170 Å². The predicted octanol–water partition coefficient (Wildman–Crippen LogP) is -0.0272. The monoisotopic (exact) mass is 408 g/mol. The van der Waals surface area contributed by atoms with Gasteiger partial charge in [0.15, 0.2) is 11.5 Å². The van der Waals surface area contributed by atoms with Gasteiger partial charge in [0, 0.05) is 12.1 Å². The van der Waals surface area contributed by atoms with Crippen molar-refractivity contribution in [1.29, 1.82) is 0 Å². The number of benzene rings is 1. The molecular formula is C20H16N4O6. The smallest absolute Gasteiger partial charge is 0.323 e. The Kier molecular flexibility index (Phi) is 4.43. The molecule has 2 aliphatic rings. The molecule has 0 saturated carbocycles. The van der Waals surface area contributed by atoms with Gasteiger partial charge in [-0.15, -0.1) is 0 Å². The summed E-state index contributed by atoms with van der Waals surface area (Å²) < 4.78 is 10.3. The summed E-state index contributed by atoms with van der Waals surface area (Å²) in [5, 5.41) is 4.63. The highest BCUT2D eigenvalue weighted by molar-refractivity contribution is 6.10. The van der Waals surface area contributed by atoms with Gasteiger partial charge in [-0.25, -0.2) is 4.79 Å². The minimum Gasteiger partial charge on any atom is -0.497 e. The second-order valence-corrected chi connectivity index (χ2v) is 6.78. The molecule has 10 heteroatoms. The van der Waals surface area contributed by atoms with Crippen molar-refractivity contribution in [3.8, 4) is 17.6 Å². The van der Waals surface area contributed by atoms with Crippen molar-refractivity contribution in [3.63, 3.8) is 0 Å². The van der Waals surface area contributed by atoms with Gasteiger partial charge >= 0.3 is 6.03 Å². The first-order valence-corrected chi connectivity index (χ1v) is 8.84. The third-order valence-corrected chi connectivity index (χ3v) is 4.81. The fourth-order valence-corrected chi connectivity index (χ4v) is 3.32. The number of hydrogen-bond acceptors (Lipinski definition) is 6. The van der Waals surface area contributed by atoms with E-state index < -0.39 is 23.4 Å². The second kappa shape index (κ2) is 6.97. The molecule has 1 aromatic heterocycles. The Hall–Kier alpha value is -4.26. The van der Waals surface area contributed by atoms with Crippen molar-refractivity contribution in [3.05, 3.63) is 53.0 Å². The van der Waals surface area contributed by atoms with Crippen LogP contribution < -0.4 is 21.1 Å². The molecule has 0 spiro atoms. The number of carbonyl (C=O) groups excluding carboxylic acids is 4. The summed E-state index contributed by atoms with van der Waals surface area (Å²) in [4.78, 5) is 49.8. The van der Waals surface area contributed by atoms with Crippen LogP contribution in [0.25, 0.3) is 0 Å². The number of imide groups is 1. The number of hydrogen-bond donors (Lipinski definition) is 3. The lowest BCUT2D eigenvalue weighted by Crippen LogP contribution is -2.54. The third-order valence-electron chi connectivity index (χ3n) is 4.81. The predicted molar refractivity (Wildman–Crippen MR) is 101 cm³/mol. The first-order valence-electron chi connectivity index (χ1n) is 8.84. The fourth-order valence-electron chi connectivity index (χ4n) is 3.32. The second-order valence-electron chi connectivity index (χ2n) is 6.78. The van der Waals surface area contributed by atoms with Gasteiger partial charge in [0.05, 0.1) is 13.7 Å². The number of carbonyl (C=O) groups is 4. The summed E-state index contributed by atoms with van der Waals surface area (Å²) in [7, 11) is 1.50. The van der Waals surface area contributed by atoms with Crippen molar-refractivity contribution in [2.45, 2.75) is 12.1 Å². The van der Waals surface area contributed by atoms with Crippen molar-refractivity contribution in [2.75, 3.05) is 13.7 Å². The van der Waals surface area contributed by atoms with Gasteiger partial charge in [-0.2, -0.15) is 0 Å². The van der Waals surface area contributed by atoms with E-state index in [1.807, 2.05) is 0 Å². The Morgan fingerprint density at radius 2 is 2.10 bits per heavy atom. The zero-order valence-corrected chi connectivity index (χ0v) is 15.8. The normalized spacial score (nSPS) is 19.6. The maximum Gasteiger partial charge on any atom is 0.323 e.